The van der Waals surface area contributed by atoms with Gasteiger partial charge in [0.2, 0.25) is 0 Å². The Kier molecular flexibility index (Phi) is 4.53. The quantitative estimate of drug-likeness (QED) is 0.729. The molecule has 8 heteroatoms. The minimum absolute atomic E-state index is 0.294. The molecule has 0 aliphatic carbocycles. The summed E-state index contributed by atoms with van der Waals surface area (Å²) in [6.07, 6.45) is 4.62. The van der Waals surface area contributed by atoms with Crippen LogP contribution in [0.15, 0.2) is 37.2 Å². The maximum Gasteiger partial charge on any atom is 0.173 e. The van der Waals surface area contributed by atoms with Crippen molar-refractivity contribution in [1.29, 1.82) is 0 Å². The van der Waals surface area contributed by atoms with Gasteiger partial charge in [0, 0.05) is 35.5 Å². The van der Waals surface area contributed by atoms with Crippen LogP contribution in [0.25, 0.3) is 11.1 Å². The zero-order valence-corrected chi connectivity index (χ0v) is 12.3. The van der Waals surface area contributed by atoms with E-state index in [0.29, 0.717) is 11.5 Å². The Morgan fingerprint density at radius 3 is 2.45 bits per heavy atom. The summed E-state index contributed by atoms with van der Waals surface area (Å²) < 4.78 is 5.69. The predicted octanol–water partition coefficient (Wildman–Crippen LogP) is 0.0730. The number of thioether (sulfide) groups is 1. The van der Waals surface area contributed by atoms with Crippen molar-refractivity contribution in [2.75, 3.05) is 5.75 Å². The van der Waals surface area contributed by atoms with Gasteiger partial charge in [-0.3, -0.25) is 4.98 Å². The second kappa shape index (κ2) is 6.57. The summed E-state index contributed by atoms with van der Waals surface area (Å²) in [5, 5.41) is 29.2. The minimum Gasteiger partial charge on any atom is -0.475 e. The smallest absolute Gasteiger partial charge is 0.173 e. The predicted molar refractivity (Wildman–Crippen MR) is 80.2 cm³/mol. The third-order valence-electron chi connectivity index (χ3n) is 3.31. The van der Waals surface area contributed by atoms with Gasteiger partial charge in [0.15, 0.2) is 5.44 Å². The Hall–Kier alpha value is -1.74. The summed E-state index contributed by atoms with van der Waals surface area (Å²) in [7, 11) is 0. The van der Waals surface area contributed by atoms with Crippen LogP contribution in [0.1, 0.15) is 0 Å². The molecule has 3 N–H and O–H groups in total. The van der Waals surface area contributed by atoms with Gasteiger partial charge in [0.1, 0.15) is 24.3 Å². The van der Waals surface area contributed by atoms with Crippen LogP contribution in [0.3, 0.4) is 0 Å². The summed E-state index contributed by atoms with van der Waals surface area (Å²) >= 11 is 1.24. The van der Waals surface area contributed by atoms with Crippen LogP contribution >= 0.6 is 11.8 Å². The Bertz CT molecular complexity index is 630. The summed E-state index contributed by atoms with van der Waals surface area (Å²) in [4.78, 5) is 12.0. The zero-order chi connectivity index (χ0) is 15.5. The van der Waals surface area contributed by atoms with E-state index < -0.39 is 23.7 Å². The van der Waals surface area contributed by atoms with Crippen LogP contribution in [-0.4, -0.2) is 59.8 Å². The maximum atomic E-state index is 9.96. The summed E-state index contributed by atoms with van der Waals surface area (Å²) in [6.45, 7) is 0. The first-order valence-corrected chi connectivity index (χ1v) is 7.73. The van der Waals surface area contributed by atoms with Gasteiger partial charge in [0.25, 0.3) is 0 Å². The fraction of sp³-hybridized carbons (Fsp3) is 0.357. The molecule has 1 aliphatic heterocycles. The first-order valence-electron chi connectivity index (χ1n) is 6.68. The molecular formula is C14H15N3O4S. The van der Waals surface area contributed by atoms with Crippen LogP contribution in [0, 0.1) is 0 Å². The lowest BCUT2D eigenvalue weighted by molar-refractivity contribution is -0.0786. The van der Waals surface area contributed by atoms with Crippen molar-refractivity contribution in [2.45, 2.75) is 23.7 Å². The molecule has 0 amide bonds. The highest BCUT2D eigenvalue weighted by Gasteiger charge is 2.38. The second-order valence-corrected chi connectivity index (χ2v) is 6.04. The van der Waals surface area contributed by atoms with E-state index in [1.54, 1.807) is 24.7 Å². The molecule has 0 bridgehead atoms. The average Bonchev–Trinajstić information content (AvgIpc) is 2.57. The summed E-state index contributed by atoms with van der Waals surface area (Å²) in [5.41, 5.74) is 0.921. The molecule has 2 aromatic rings. The lowest BCUT2D eigenvalue weighted by Gasteiger charge is -2.34. The van der Waals surface area contributed by atoms with Crippen molar-refractivity contribution in [3.8, 4) is 16.9 Å². The summed E-state index contributed by atoms with van der Waals surface area (Å²) in [5.74, 6) is 0.754. The molecular weight excluding hydrogens is 306 g/mol. The normalized spacial score (nSPS) is 28.3. The van der Waals surface area contributed by atoms with Gasteiger partial charge in [-0.1, -0.05) is 0 Å². The van der Waals surface area contributed by atoms with Gasteiger partial charge in [-0.05, 0) is 6.07 Å². The lowest BCUT2D eigenvalue weighted by Crippen LogP contribution is -2.50. The molecule has 0 unspecified atom stereocenters. The molecule has 1 saturated heterocycles. The van der Waals surface area contributed by atoms with Gasteiger partial charge in [0.05, 0.1) is 12.3 Å². The van der Waals surface area contributed by atoms with E-state index in [4.69, 9.17) is 4.74 Å². The van der Waals surface area contributed by atoms with Crippen molar-refractivity contribution in [2.24, 2.45) is 0 Å². The van der Waals surface area contributed by atoms with Gasteiger partial charge < -0.3 is 20.1 Å². The van der Waals surface area contributed by atoms with E-state index in [-0.39, 0.29) is 0 Å². The number of ether oxygens (including phenoxy) is 1. The number of aromatic nitrogens is 3. The van der Waals surface area contributed by atoms with Gasteiger partial charge in [-0.2, -0.15) is 0 Å². The van der Waals surface area contributed by atoms with Gasteiger partial charge in [-0.15, -0.1) is 11.8 Å². The highest BCUT2D eigenvalue weighted by atomic mass is 32.2. The number of hydrogen-bond acceptors (Lipinski definition) is 8. The Morgan fingerprint density at radius 1 is 0.955 bits per heavy atom. The molecule has 22 heavy (non-hydrogen) atoms. The van der Waals surface area contributed by atoms with E-state index in [1.165, 1.54) is 24.3 Å². The number of aliphatic hydroxyl groups is 3. The molecule has 0 spiro atoms. The monoisotopic (exact) mass is 321 g/mol. The Morgan fingerprint density at radius 2 is 1.68 bits per heavy atom. The standard InChI is InChI=1S/C14H15N3O4S/c18-11-6-22-14(13(20)12(11)19)21-10-1-8(2-15-5-10)9-3-16-7-17-4-9/h1-5,7,11-14,18-20H,6H2/t11-,12+,13-,14-/m1/s1. The first-order chi connectivity index (χ1) is 10.6. The number of aliphatic hydroxyl groups excluding tert-OH is 3. The highest BCUT2D eigenvalue weighted by Crippen LogP contribution is 2.30. The molecule has 0 saturated carbocycles. The van der Waals surface area contributed by atoms with Crippen molar-refractivity contribution in [3.63, 3.8) is 0 Å². The lowest BCUT2D eigenvalue weighted by atomic mass is 10.1. The summed E-state index contributed by atoms with van der Waals surface area (Å²) in [6, 6.07) is 1.76. The van der Waals surface area contributed by atoms with E-state index in [1.807, 2.05) is 0 Å². The largest absolute Gasteiger partial charge is 0.475 e. The molecule has 0 aromatic carbocycles. The van der Waals surface area contributed by atoms with Crippen molar-refractivity contribution >= 4 is 11.8 Å². The van der Waals surface area contributed by atoms with Crippen molar-refractivity contribution in [1.82, 2.24) is 15.0 Å². The first kappa shape index (κ1) is 15.2. The number of hydrogen-bond donors (Lipinski definition) is 3. The van der Waals surface area contributed by atoms with Crippen molar-refractivity contribution in [3.05, 3.63) is 37.2 Å². The average molecular weight is 321 g/mol. The topological polar surface area (TPSA) is 109 Å². The molecule has 4 atom stereocenters. The van der Waals surface area contributed by atoms with Gasteiger partial charge >= 0.3 is 0 Å². The molecule has 3 heterocycles. The van der Waals surface area contributed by atoms with Crippen molar-refractivity contribution < 1.29 is 20.1 Å². The van der Waals surface area contributed by atoms with Gasteiger partial charge in [-0.25, -0.2) is 9.97 Å². The SMILES string of the molecule is O[C@@H]1[C@@H](O)[C@H](Oc2cncc(-c3cncnc3)c2)SC[C@H]1O. The van der Waals surface area contributed by atoms with Crippen LogP contribution in [-0.2, 0) is 0 Å². The maximum absolute atomic E-state index is 9.96. The Labute approximate surface area is 131 Å². The fourth-order valence-electron chi connectivity index (χ4n) is 2.11. The number of pyridine rings is 1. The van der Waals surface area contributed by atoms with Crippen LogP contribution in [0.4, 0.5) is 0 Å². The van der Waals surface area contributed by atoms with Crippen LogP contribution in [0.2, 0.25) is 0 Å². The Balaban J connectivity index is 1.76. The van der Waals surface area contributed by atoms with E-state index in [2.05, 4.69) is 15.0 Å². The number of rotatable bonds is 3. The second-order valence-electron chi connectivity index (χ2n) is 4.90. The molecule has 0 radical (unpaired) electrons. The molecule has 1 aliphatic rings. The third kappa shape index (κ3) is 3.20. The van der Waals surface area contributed by atoms with Crippen LogP contribution in [0.5, 0.6) is 5.75 Å². The molecule has 3 rings (SSSR count). The van der Waals surface area contributed by atoms with E-state index in [9.17, 15) is 15.3 Å². The van der Waals surface area contributed by atoms with E-state index in [0.717, 1.165) is 11.1 Å². The third-order valence-corrected chi connectivity index (χ3v) is 4.55. The van der Waals surface area contributed by atoms with Crippen LogP contribution < -0.4 is 4.74 Å². The molecule has 2 aromatic heterocycles. The fourth-order valence-corrected chi connectivity index (χ4v) is 3.23. The highest BCUT2D eigenvalue weighted by molar-refractivity contribution is 7.99. The van der Waals surface area contributed by atoms with E-state index >= 15 is 0 Å². The minimum atomic E-state index is -1.22. The molecule has 116 valence electrons. The molecule has 7 nitrogen and oxygen atoms in total. The molecule has 1 fully saturated rings. The number of nitrogens with zero attached hydrogens (tertiary/aromatic N) is 3. The zero-order valence-electron chi connectivity index (χ0n) is 11.5.